The van der Waals surface area contributed by atoms with Crippen LogP contribution in [0.4, 0.5) is 11.4 Å². The van der Waals surface area contributed by atoms with E-state index in [0.717, 1.165) is 20.3 Å². The van der Waals surface area contributed by atoms with Gasteiger partial charge in [-0.25, -0.2) is 4.79 Å². The van der Waals surface area contributed by atoms with E-state index in [2.05, 4.69) is 22.5 Å². The van der Waals surface area contributed by atoms with Gasteiger partial charge in [0.1, 0.15) is 16.6 Å². The molecule has 2 N–H and O–H groups in total. The summed E-state index contributed by atoms with van der Waals surface area (Å²) in [5.41, 5.74) is 2.17. The fourth-order valence-electron chi connectivity index (χ4n) is 4.09. The van der Waals surface area contributed by atoms with Crippen molar-refractivity contribution < 1.29 is 14.3 Å². The minimum absolute atomic E-state index is 0.121. The second-order valence-corrected chi connectivity index (χ2v) is 9.82. The first-order chi connectivity index (χ1) is 20.2. The number of carbonyl (C=O) groups excluding carboxylic acids is 2. The minimum Gasteiger partial charge on any atom is -0.496 e. The number of anilines is 2. The zero-order valence-corrected chi connectivity index (χ0v) is 24.1. The lowest BCUT2D eigenvalue weighted by molar-refractivity contribution is -0.116. The highest BCUT2D eigenvalue weighted by molar-refractivity contribution is 6.32. The third-order valence-corrected chi connectivity index (χ3v) is 6.86. The number of halogens is 1. The molecule has 214 valence electrons. The van der Waals surface area contributed by atoms with Gasteiger partial charge in [0.05, 0.1) is 19.2 Å². The van der Waals surface area contributed by atoms with Crippen LogP contribution in [0.25, 0.3) is 0 Å². The highest BCUT2D eigenvalue weighted by Crippen LogP contribution is 2.20. The standard InChI is InChI=1S/C32H29ClN4O5/c1-21-10-12-23(13-11-21)16-19-27(38)35-28-29(33)37(32(41)36(2)31(28)40)20-6-7-22-14-17-24(18-15-22)34-30(39)25-8-4-5-9-26(25)42-3/h4-5,8-15,17-18H,16,19-20H2,1-3H3,(H,34,39)(H,35,38). The molecule has 0 saturated carbocycles. The summed E-state index contributed by atoms with van der Waals surface area (Å²) in [7, 11) is 2.81. The monoisotopic (exact) mass is 584 g/mol. The van der Waals surface area contributed by atoms with Crippen LogP contribution in [0, 0.1) is 18.8 Å². The van der Waals surface area contributed by atoms with E-state index in [0.29, 0.717) is 29.0 Å². The Bertz CT molecular complexity index is 1800. The van der Waals surface area contributed by atoms with Crippen LogP contribution in [0.5, 0.6) is 5.75 Å². The minimum atomic E-state index is -0.705. The number of ether oxygens (including phenoxy) is 1. The van der Waals surface area contributed by atoms with Gasteiger partial charge < -0.3 is 15.4 Å². The maximum Gasteiger partial charge on any atom is 0.332 e. The van der Waals surface area contributed by atoms with Gasteiger partial charge in [0, 0.05) is 24.7 Å². The number of benzene rings is 3. The number of hydrogen-bond donors (Lipinski definition) is 2. The van der Waals surface area contributed by atoms with E-state index in [4.69, 9.17) is 16.3 Å². The van der Waals surface area contributed by atoms with Gasteiger partial charge in [-0.05, 0) is 55.3 Å². The van der Waals surface area contributed by atoms with Crippen molar-refractivity contribution in [3.8, 4) is 17.6 Å². The Morgan fingerprint density at radius 2 is 1.64 bits per heavy atom. The van der Waals surface area contributed by atoms with Crippen LogP contribution in [0.2, 0.25) is 5.15 Å². The molecule has 4 rings (SSSR count). The maximum absolute atomic E-state index is 12.8. The van der Waals surface area contributed by atoms with Gasteiger partial charge in [-0.15, -0.1) is 0 Å². The van der Waals surface area contributed by atoms with Gasteiger partial charge in [-0.1, -0.05) is 65.4 Å². The summed E-state index contributed by atoms with van der Waals surface area (Å²) in [6.45, 7) is 1.86. The van der Waals surface area contributed by atoms with Gasteiger partial charge in [0.25, 0.3) is 11.5 Å². The Hall–Kier alpha value is -5.07. The normalized spacial score (nSPS) is 10.4. The van der Waals surface area contributed by atoms with Crippen molar-refractivity contribution in [1.29, 1.82) is 0 Å². The van der Waals surface area contributed by atoms with E-state index < -0.39 is 17.2 Å². The zero-order chi connectivity index (χ0) is 30.2. The number of aryl methyl sites for hydroxylation is 2. The quantitative estimate of drug-likeness (QED) is 0.236. The summed E-state index contributed by atoms with van der Waals surface area (Å²) in [5.74, 6) is 5.57. The van der Waals surface area contributed by atoms with Crippen molar-refractivity contribution in [3.05, 3.63) is 121 Å². The average Bonchev–Trinajstić information content (AvgIpc) is 3.00. The van der Waals surface area contributed by atoms with E-state index in [9.17, 15) is 19.2 Å². The Kier molecular flexibility index (Phi) is 9.63. The van der Waals surface area contributed by atoms with Crippen LogP contribution in [-0.2, 0) is 24.8 Å². The molecule has 0 fully saturated rings. The summed E-state index contributed by atoms with van der Waals surface area (Å²) in [5, 5.41) is 5.18. The Morgan fingerprint density at radius 3 is 2.33 bits per heavy atom. The Morgan fingerprint density at radius 1 is 0.952 bits per heavy atom. The molecule has 0 radical (unpaired) electrons. The molecule has 1 aromatic heterocycles. The molecule has 42 heavy (non-hydrogen) atoms. The number of rotatable bonds is 8. The lowest BCUT2D eigenvalue weighted by Crippen LogP contribution is -2.40. The number of aromatic nitrogens is 2. The number of hydrogen-bond acceptors (Lipinski definition) is 5. The molecule has 0 aliphatic heterocycles. The van der Waals surface area contributed by atoms with Crippen LogP contribution in [0.1, 0.15) is 33.5 Å². The first-order valence-electron chi connectivity index (χ1n) is 13.1. The predicted octanol–water partition coefficient (Wildman–Crippen LogP) is 4.39. The van der Waals surface area contributed by atoms with Crippen LogP contribution < -0.4 is 26.6 Å². The van der Waals surface area contributed by atoms with Crippen molar-refractivity contribution in [2.24, 2.45) is 7.05 Å². The molecular weight excluding hydrogens is 556 g/mol. The zero-order valence-electron chi connectivity index (χ0n) is 23.4. The first kappa shape index (κ1) is 29.9. The fraction of sp³-hybridized carbons (Fsp3) is 0.188. The van der Waals surface area contributed by atoms with Crippen LogP contribution in [0.15, 0.2) is 82.4 Å². The molecule has 9 nitrogen and oxygen atoms in total. The molecule has 0 unspecified atom stereocenters. The summed E-state index contributed by atoms with van der Waals surface area (Å²) in [6, 6.07) is 21.6. The van der Waals surface area contributed by atoms with E-state index in [1.54, 1.807) is 48.5 Å². The highest BCUT2D eigenvalue weighted by Gasteiger charge is 2.18. The summed E-state index contributed by atoms with van der Waals surface area (Å²) >= 11 is 6.41. The molecule has 0 saturated heterocycles. The Balaban J connectivity index is 1.44. The molecule has 10 heteroatoms. The first-order valence-corrected chi connectivity index (χ1v) is 13.4. The molecule has 2 amide bonds. The summed E-state index contributed by atoms with van der Waals surface area (Å²) in [6.07, 6.45) is 0.620. The molecule has 0 spiro atoms. The maximum atomic E-state index is 12.8. The van der Waals surface area contributed by atoms with Crippen molar-refractivity contribution in [1.82, 2.24) is 9.13 Å². The van der Waals surface area contributed by atoms with Crippen LogP contribution >= 0.6 is 11.6 Å². The number of amides is 2. The molecule has 0 bridgehead atoms. The molecule has 0 aliphatic carbocycles. The molecule has 3 aromatic carbocycles. The van der Waals surface area contributed by atoms with Crippen molar-refractivity contribution in [3.63, 3.8) is 0 Å². The SMILES string of the molecule is COc1ccccc1C(=O)Nc1ccc(C#CCn2c(Cl)c(NC(=O)CCc3ccc(C)cc3)c(=O)n(C)c2=O)cc1. The topological polar surface area (TPSA) is 111 Å². The lowest BCUT2D eigenvalue weighted by Gasteiger charge is -2.13. The average molecular weight is 585 g/mol. The third kappa shape index (κ3) is 7.16. The molecule has 0 atom stereocenters. The largest absolute Gasteiger partial charge is 0.496 e. The Labute approximate surface area is 247 Å². The summed E-state index contributed by atoms with van der Waals surface area (Å²) < 4.78 is 7.24. The van der Waals surface area contributed by atoms with E-state index in [1.807, 2.05) is 31.2 Å². The van der Waals surface area contributed by atoms with Gasteiger partial charge >= 0.3 is 5.69 Å². The molecule has 0 aliphatic rings. The van der Waals surface area contributed by atoms with Crippen molar-refractivity contribution in [2.45, 2.75) is 26.3 Å². The van der Waals surface area contributed by atoms with Gasteiger partial charge in [0.2, 0.25) is 5.91 Å². The smallest absolute Gasteiger partial charge is 0.332 e. The number of para-hydroxylation sites is 1. The van der Waals surface area contributed by atoms with E-state index in [-0.39, 0.29) is 29.7 Å². The van der Waals surface area contributed by atoms with E-state index >= 15 is 0 Å². The second kappa shape index (κ2) is 13.5. The highest BCUT2D eigenvalue weighted by atomic mass is 35.5. The van der Waals surface area contributed by atoms with Gasteiger partial charge in [-0.2, -0.15) is 0 Å². The van der Waals surface area contributed by atoms with Crippen molar-refractivity contribution in [2.75, 3.05) is 17.7 Å². The predicted molar refractivity (Wildman–Crippen MR) is 163 cm³/mol. The van der Waals surface area contributed by atoms with Crippen molar-refractivity contribution >= 4 is 34.8 Å². The lowest BCUT2D eigenvalue weighted by atomic mass is 10.1. The molecular formula is C32H29ClN4O5. The molecule has 4 aromatic rings. The molecule has 1 heterocycles. The fourth-order valence-corrected chi connectivity index (χ4v) is 4.35. The van der Waals surface area contributed by atoms with Crippen LogP contribution in [-0.4, -0.2) is 28.1 Å². The van der Waals surface area contributed by atoms with Gasteiger partial charge in [0.15, 0.2) is 0 Å². The number of methoxy groups -OCH3 is 1. The third-order valence-electron chi connectivity index (χ3n) is 6.47. The van der Waals surface area contributed by atoms with E-state index in [1.165, 1.54) is 14.2 Å². The second-order valence-electron chi connectivity index (χ2n) is 9.47. The van der Waals surface area contributed by atoms with Crippen LogP contribution in [0.3, 0.4) is 0 Å². The van der Waals surface area contributed by atoms with Gasteiger partial charge in [-0.3, -0.25) is 23.5 Å². The number of nitrogens with zero attached hydrogens (tertiary/aromatic N) is 2. The number of carbonyl (C=O) groups is 2. The summed E-state index contributed by atoms with van der Waals surface area (Å²) in [4.78, 5) is 50.7. The number of nitrogens with one attached hydrogen (secondary N) is 2.